The zero-order chi connectivity index (χ0) is 31.7. The van der Waals surface area contributed by atoms with Gasteiger partial charge in [0.2, 0.25) is 5.91 Å². The second-order valence-electron chi connectivity index (χ2n) is 12.4. The van der Waals surface area contributed by atoms with Gasteiger partial charge in [-0.25, -0.2) is 15.0 Å². The maximum atomic E-state index is 12.6. The first-order valence-electron chi connectivity index (χ1n) is 16.1. The molecule has 2 aromatic carbocycles. The van der Waals surface area contributed by atoms with E-state index >= 15 is 0 Å². The van der Waals surface area contributed by atoms with Gasteiger partial charge in [-0.15, -0.1) is 0 Å². The summed E-state index contributed by atoms with van der Waals surface area (Å²) in [5, 5.41) is 2.99. The molecule has 1 aliphatic carbocycles. The monoisotopic (exact) mass is 616 g/mol. The Morgan fingerprint density at radius 2 is 1.80 bits per heavy atom. The van der Waals surface area contributed by atoms with Gasteiger partial charge < -0.3 is 26.4 Å². The normalized spacial score (nSPS) is 16.3. The Morgan fingerprint density at radius 1 is 1.00 bits per heavy atom. The number of aromatic nitrogens is 4. The lowest BCUT2D eigenvalue weighted by Gasteiger charge is -2.38. The second kappa shape index (κ2) is 12.5. The predicted octanol–water partition coefficient (Wildman–Crippen LogP) is 5.05. The molecular weight excluding hydrogens is 576 g/mol. The van der Waals surface area contributed by atoms with Crippen LogP contribution in [0.2, 0.25) is 0 Å². The van der Waals surface area contributed by atoms with Gasteiger partial charge in [-0.2, -0.15) is 0 Å². The minimum Gasteiger partial charge on any atom is -0.383 e. The molecule has 236 valence electrons. The molecule has 0 radical (unpaired) electrons. The Bertz CT molecular complexity index is 1860. The highest BCUT2D eigenvalue weighted by Crippen LogP contribution is 2.39. The number of anilines is 2. The number of amides is 1. The molecule has 7 rings (SSSR count). The molecule has 1 aliphatic heterocycles. The van der Waals surface area contributed by atoms with Crippen molar-refractivity contribution in [2.45, 2.75) is 37.6 Å². The first kappa shape index (κ1) is 29.9. The third-order valence-corrected chi connectivity index (χ3v) is 9.51. The molecule has 0 spiro atoms. The standard InChI is InChI=1S/C36H40N8O2/c1-46-22-19-40-35(45)24-14-20-43(21-15-24)28-6-2-5-25(23-28)30-12-13-31-34(41-30)44(33(42-31)29-7-3-18-39-32(29)37)27-10-8-26(9-11-27)36(38)16-4-17-36/h2-3,5-13,18,23-24H,4,14-17,19-22,38H2,1H3,(H2,37,39)(H,40,45). The van der Waals surface area contributed by atoms with Crippen LogP contribution in [0.1, 0.15) is 37.7 Å². The van der Waals surface area contributed by atoms with Crippen molar-refractivity contribution >= 4 is 28.6 Å². The Balaban J connectivity index is 1.20. The first-order valence-corrected chi connectivity index (χ1v) is 16.1. The highest BCUT2D eigenvalue weighted by molar-refractivity contribution is 5.85. The Kier molecular flexibility index (Phi) is 8.14. The van der Waals surface area contributed by atoms with E-state index in [1.807, 2.05) is 24.3 Å². The van der Waals surface area contributed by atoms with Crippen molar-refractivity contribution in [3.05, 3.63) is 84.6 Å². The third kappa shape index (κ3) is 5.70. The number of nitrogens with two attached hydrogens (primary N) is 2. The maximum absolute atomic E-state index is 12.6. The van der Waals surface area contributed by atoms with E-state index < -0.39 is 0 Å². The molecule has 0 atom stereocenters. The van der Waals surface area contributed by atoms with E-state index in [1.54, 1.807) is 13.3 Å². The van der Waals surface area contributed by atoms with Gasteiger partial charge in [-0.05, 0) is 86.2 Å². The number of nitrogens with zero attached hydrogens (tertiary/aromatic N) is 5. The number of imidazole rings is 1. The number of hydrogen-bond acceptors (Lipinski definition) is 8. The van der Waals surface area contributed by atoms with Crippen molar-refractivity contribution in [1.29, 1.82) is 0 Å². The molecule has 2 fully saturated rings. The van der Waals surface area contributed by atoms with E-state index in [4.69, 9.17) is 26.2 Å². The van der Waals surface area contributed by atoms with Crippen molar-refractivity contribution < 1.29 is 9.53 Å². The summed E-state index contributed by atoms with van der Waals surface area (Å²) in [6, 6.07) is 24.7. The number of nitrogen functional groups attached to an aromatic ring is 1. The predicted molar refractivity (Wildman–Crippen MR) is 181 cm³/mol. The molecule has 5 aromatic rings. The number of carbonyl (C=O) groups excluding carboxylic acids is 1. The lowest BCUT2D eigenvalue weighted by molar-refractivity contribution is -0.125. The molecule has 3 aromatic heterocycles. The molecular formula is C36H40N8O2. The van der Waals surface area contributed by atoms with E-state index in [1.165, 1.54) is 0 Å². The Hall–Kier alpha value is -4.80. The number of carbonyl (C=O) groups is 1. The van der Waals surface area contributed by atoms with E-state index in [0.717, 1.165) is 90.1 Å². The summed E-state index contributed by atoms with van der Waals surface area (Å²) in [7, 11) is 1.64. The number of piperidine rings is 1. The first-order chi connectivity index (χ1) is 22.4. The van der Waals surface area contributed by atoms with Crippen LogP contribution >= 0.6 is 0 Å². The number of benzene rings is 2. The summed E-state index contributed by atoms with van der Waals surface area (Å²) >= 11 is 0. The van der Waals surface area contributed by atoms with Gasteiger partial charge in [0.25, 0.3) is 0 Å². The molecule has 10 nitrogen and oxygen atoms in total. The van der Waals surface area contributed by atoms with Crippen LogP contribution in [0.4, 0.5) is 11.5 Å². The van der Waals surface area contributed by atoms with Crippen LogP contribution < -0.4 is 21.7 Å². The fourth-order valence-corrected chi connectivity index (χ4v) is 6.62. The second-order valence-corrected chi connectivity index (χ2v) is 12.4. The molecule has 1 amide bonds. The topological polar surface area (TPSA) is 137 Å². The van der Waals surface area contributed by atoms with Crippen molar-refractivity contribution in [1.82, 2.24) is 24.8 Å². The van der Waals surface area contributed by atoms with Gasteiger partial charge in [0.05, 0.1) is 17.9 Å². The van der Waals surface area contributed by atoms with Gasteiger partial charge >= 0.3 is 0 Å². The molecule has 1 saturated heterocycles. The molecule has 10 heteroatoms. The third-order valence-electron chi connectivity index (χ3n) is 9.51. The van der Waals surface area contributed by atoms with Crippen LogP contribution in [-0.2, 0) is 15.1 Å². The zero-order valence-electron chi connectivity index (χ0n) is 26.2. The lowest BCUT2D eigenvalue weighted by Crippen LogP contribution is -2.43. The fraction of sp³-hybridized carbons (Fsp3) is 0.333. The van der Waals surface area contributed by atoms with Crippen molar-refractivity contribution in [2.75, 3.05) is 44.0 Å². The average molecular weight is 617 g/mol. The molecule has 0 bridgehead atoms. The van der Waals surface area contributed by atoms with Gasteiger partial charge in [0.15, 0.2) is 11.5 Å². The molecule has 5 N–H and O–H groups in total. The number of hydrogen-bond donors (Lipinski definition) is 3. The van der Waals surface area contributed by atoms with E-state index in [-0.39, 0.29) is 17.4 Å². The summed E-state index contributed by atoms with van der Waals surface area (Å²) in [4.78, 5) is 29.4. The van der Waals surface area contributed by atoms with E-state index in [9.17, 15) is 4.79 Å². The van der Waals surface area contributed by atoms with Gasteiger partial charge in [-0.3, -0.25) is 9.36 Å². The number of ether oxygens (including phenoxy) is 1. The molecule has 2 aliphatic rings. The smallest absolute Gasteiger partial charge is 0.223 e. The summed E-state index contributed by atoms with van der Waals surface area (Å²) in [5.41, 5.74) is 20.1. The number of nitrogens with one attached hydrogen (secondary N) is 1. The largest absolute Gasteiger partial charge is 0.383 e. The van der Waals surface area contributed by atoms with Crippen LogP contribution in [0.3, 0.4) is 0 Å². The highest BCUT2D eigenvalue weighted by Gasteiger charge is 2.34. The van der Waals surface area contributed by atoms with Crippen molar-refractivity contribution in [2.24, 2.45) is 11.7 Å². The molecule has 0 unspecified atom stereocenters. The number of pyridine rings is 2. The zero-order valence-corrected chi connectivity index (χ0v) is 26.2. The number of methoxy groups -OCH3 is 1. The lowest BCUT2D eigenvalue weighted by atomic mass is 9.73. The van der Waals surface area contributed by atoms with Crippen LogP contribution in [0.5, 0.6) is 0 Å². The molecule has 46 heavy (non-hydrogen) atoms. The van der Waals surface area contributed by atoms with Crippen LogP contribution in [0, 0.1) is 5.92 Å². The Labute approximate surface area is 268 Å². The summed E-state index contributed by atoms with van der Waals surface area (Å²) < 4.78 is 7.12. The summed E-state index contributed by atoms with van der Waals surface area (Å²) in [6.45, 7) is 2.71. The van der Waals surface area contributed by atoms with E-state index in [0.29, 0.717) is 24.8 Å². The highest BCUT2D eigenvalue weighted by atomic mass is 16.5. The van der Waals surface area contributed by atoms with Crippen molar-refractivity contribution in [3.8, 4) is 28.3 Å². The van der Waals surface area contributed by atoms with E-state index in [2.05, 4.69) is 68.3 Å². The summed E-state index contributed by atoms with van der Waals surface area (Å²) in [6.07, 6.45) is 6.48. The van der Waals surface area contributed by atoms with Gasteiger partial charge in [-0.1, -0.05) is 24.3 Å². The van der Waals surface area contributed by atoms with Crippen molar-refractivity contribution in [3.63, 3.8) is 0 Å². The number of rotatable bonds is 9. The van der Waals surface area contributed by atoms with Gasteiger partial charge in [0, 0.05) is 61.3 Å². The minimum absolute atomic E-state index is 0.0295. The maximum Gasteiger partial charge on any atom is 0.223 e. The fourth-order valence-electron chi connectivity index (χ4n) is 6.62. The van der Waals surface area contributed by atoms with Gasteiger partial charge in [0.1, 0.15) is 11.3 Å². The quantitative estimate of drug-likeness (QED) is 0.196. The minimum atomic E-state index is -0.242. The Morgan fingerprint density at radius 3 is 2.52 bits per heavy atom. The van der Waals surface area contributed by atoms with Crippen LogP contribution in [0.25, 0.3) is 39.5 Å². The van der Waals surface area contributed by atoms with Crippen LogP contribution in [0.15, 0.2) is 79.0 Å². The SMILES string of the molecule is COCCNC(=O)C1CCN(c2cccc(-c3ccc4nc(-c5cccnc5N)n(-c5ccc(C6(N)CCC6)cc5)c4n3)c2)CC1. The number of fused-ring (bicyclic) bond motifs is 1. The summed E-state index contributed by atoms with van der Waals surface area (Å²) in [5.74, 6) is 1.25. The molecule has 4 heterocycles. The molecule has 1 saturated carbocycles. The van der Waals surface area contributed by atoms with Crippen LogP contribution in [-0.4, -0.2) is 58.8 Å². The average Bonchev–Trinajstić information content (AvgIpc) is 3.46.